The minimum atomic E-state index is -0.510. The van der Waals surface area contributed by atoms with Gasteiger partial charge in [-0.15, -0.1) is 0 Å². The molecule has 44 heavy (non-hydrogen) atoms. The molecule has 0 aromatic heterocycles. The van der Waals surface area contributed by atoms with Crippen LogP contribution in [0.4, 0.5) is 4.79 Å². The van der Waals surface area contributed by atoms with Crippen molar-refractivity contribution in [3.63, 3.8) is 0 Å². The molecule has 0 aromatic carbocycles. The molecule has 0 saturated carbocycles. The topological polar surface area (TPSA) is 94.2 Å². The highest BCUT2D eigenvalue weighted by atomic mass is 16.6. The summed E-state index contributed by atoms with van der Waals surface area (Å²) in [7, 11) is 0. The van der Waals surface area contributed by atoms with Crippen LogP contribution in [0.3, 0.4) is 0 Å². The quantitative estimate of drug-likeness (QED) is 0.0404. The monoisotopic (exact) mass is 622 g/mol. The molecular weight excluding hydrogens is 556 g/mol. The molecule has 1 heterocycles. The predicted molar refractivity (Wildman–Crippen MR) is 179 cm³/mol. The van der Waals surface area contributed by atoms with E-state index in [2.05, 4.69) is 36.2 Å². The summed E-state index contributed by atoms with van der Waals surface area (Å²) in [6, 6.07) is 0. The van der Waals surface area contributed by atoms with Gasteiger partial charge in [-0.1, -0.05) is 90.2 Å². The Bertz CT molecular complexity index is 753. The fourth-order valence-electron chi connectivity index (χ4n) is 5.43. The number of nitrogens with one attached hydrogen (secondary N) is 1. The molecule has 2 unspecified atom stereocenters. The van der Waals surface area contributed by atoms with Crippen molar-refractivity contribution in [3.05, 3.63) is 12.2 Å². The smallest absolute Gasteiger partial charge is 0.407 e. The first-order chi connectivity index (χ1) is 21.4. The number of carbonyl (C=O) groups is 3. The van der Waals surface area contributed by atoms with Gasteiger partial charge in [0.1, 0.15) is 18.8 Å². The standard InChI is InChI=1S/C36H66N2O6/c1-4-6-8-9-10-11-12-13-14-15-16-17-18-19-20-24-34(39)42-31-32(3)43-35(40)26-25-33(23-7-5-2)44-36(41)37-27-30-38-28-21-22-29-38/h13-14,32-33H,4-12,15-31H2,1-3H3,(H,37,41)/b14-13-. The first-order valence-electron chi connectivity index (χ1n) is 18.1. The zero-order valence-electron chi connectivity index (χ0n) is 28.6. The summed E-state index contributed by atoms with van der Waals surface area (Å²) < 4.78 is 16.4. The number of ether oxygens (including phenoxy) is 3. The molecule has 2 atom stereocenters. The number of nitrogens with zero attached hydrogens (tertiary/aromatic N) is 1. The highest BCUT2D eigenvalue weighted by Gasteiger charge is 2.19. The first kappa shape index (κ1) is 39.9. The Morgan fingerprint density at radius 1 is 0.727 bits per heavy atom. The number of allylic oxidation sites excluding steroid dienone is 2. The van der Waals surface area contributed by atoms with Crippen molar-refractivity contribution in [2.45, 2.75) is 168 Å². The van der Waals surface area contributed by atoms with Crippen LogP contribution in [0.25, 0.3) is 0 Å². The van der Waals surface area contributed by atoms with Gasteiger partial charge in [0.2, 0.25) is 0 Å². The second kappa shape index (κ2) is 28.4. The third kappa shape index (κ3) is 24.3. The Morgan fingerprint density at radius 3 is 2.00 bits per heavy atom. The van der Waals surface area contributed by atoms with Gasteiger partial charge in [-0.2, -0.15) is 0 Å². The lowest BCUT2D eigenvalue weighted by molar-refractivity contribution is -0.158. The predicted octanol–water partition coefficient (Wildman–Crippen LogP) is 8.66. The summed E-state index contributed by atoms with van der Waals surface area (Å²) in [4.78, 5) is 39.1. The first-order valence-corrected chi connectivity index (χ1v) is 18.1. The Hall–Kier alpha value is -2.09. The van der Waals surface area contributed by atoms with Gasteiger partial charge in [-0.05, 0) is 77.8 Å². The lowest BCUT2D eigenvalue weighted by Crippen LogP contribution is -2.35. The highest BCUT2D eigenvalue weighted by Crippen LogP contribution is 2.14. The van der Waals surface area contributed by atoms with Crippen LogP contribution in [-0.2, 0) is 23.8 Å². The maximum atomic E-state index is 12.4. The van der Waals surface area contributed by atoms with Gasteiger partial charge >= 0.3 is 18.0 Å². The van der Waals surface area contributed by atoms with Gasteiger partial charge in [0.25, 0.3) is 0 Å². The van der Waals surface area contributed by atoms with Crippen molar-refractivity contribution in [3.8, 4) is 0 Å². The lowest BCUT2D eigenvalue weighted by atomic mass is 10.1. The van der Waals surface area contributed by atoms with Crippen molar-refractivity contribution in [1.29, 1.82) is 0 Å². The molecule has 1 aliphatic heterocycles. The van der Waals surface area contributed by atoms with Crippen molar-refractivity contribution >= 4 is 18.0 Å². The molecule has 256 valence electrons. The maximum Gasteiger partial charge on any atom is 0.407 e. The summed E-state index contributed by atoms with van der Waals surface area (Å²) in [5, 5.41) is 2.84. The number of likely N-dealkylation sites (tertiary alicyclic amines) is 1. The van der Waals surface area contributed by atoms with Crippen LogP contribution in [0, 0.1) is 0 Å². The van der Waals surface area contributed by atoms with Gasteiger partial charge < -0.3 is 24.4 Å². The fourth-order valence-corrected chi connectivity index (χ4v) is 5.43. The van der Waals surface area contributed by atoms with E-state index in [4.69, 9.17) is 14.2 Å². The summed E-state index contributed by atoms with van der Waals surface area (Å²) in [5.41, 5.74) is 0. The SMILES string of the molecule is CCCCCCCC/C=C\CCCCCCCC(=O)OCC(C)OC(=O)CCC(CCCC)OC(=O)NCCN1CCCC1. The highest BCUT2D eigenvalue weighted by molar-refractivity contribution is 5.70. The van der Waals surface area contributed by atoms with E-state index in [9.17, 15) is 14.4 Å². The van der Waals surface area contributed by atoms with Crippen molar-refractivity contribution < 1.29 is 28.6 Å². The zero-order chi connectivity index (χ0) is 32.1. The van der Waals surface area contributed by atoms with Crippen LogP contribution >= 0.6 is 0 Å². The number of amides is 1. The number of alkyl carbamates (subject to hydrolysis) is 1. The maximum absolute atomic E-state index is 12.4. The number of unbranched alkanes of at least 4 members (excludes halogenated alkanes) is 12. The average molecular weight is 623 g/mol. The number of rotatable bonds is 28. The molecular formula is C36H66N2O6. The molecule has 1 amide bonds. The van der Waals surface area contributed by atoms with E-state index < -0.39 is 12.2 Å². The average Bonchev–Trinajstić information content (AvgIpc) is 3.53. The molecule has 8 heteroatoms. The molecule has 8 nitrogen and oxygen atoms in total. The fraction of sp³-hybridized carbons (Fsp3) is 0.861. The summed E-state index contributed by atoms with van der Waals surface area (Å²) >= 11 is 0. The van der Waals surface area contributed by atoms with E-state index in [0.717, 1.165) is 58.2 Å². The van der Waals surface area contributed by atoms with Crippen molar-refractivity contribution in [1.82, 2.24) is 10.2 Å². The summed E-state index contributed by atoms with van der Waals surface area (Å²) in [6.07, 6.45) is 25.3. The normalized spacial score (nSPS) is 14.9. The van der Waals surface area contributed by atoms with E-state index in [1.165, 1.54) is 70.6 Å². The van der Waals surface area contributed by atoms with Crippen LogP contribution in [0.15, 0.2) is 12.2 Å². The van der Waals surface area contributed by atoms with Crippen molar-refractivity contribution in [2.24, 2.45) is 0 Å². The lowest BCUT2D eigenvalue weighted by Gasteiger charge is -2.20. The van der Waals surface area contributed by atoms with Gasteiger partial charge in [-0.25, -0.2) is 4.79 Å². The molecule has 0 aliphatic carbocycles. The largest absolute Gasteiger partial charge is 0.462 e. The third-order valence-electron chi connectivity index (χ3n) is 8.17. The minimum Gasteiger partial charge on any atom is -0.462 e. The van der Waals surface area contributed by atoms with E-state index in [0.29, 0.717) is 25.8 Å². The van der Waals surface area contributed by atoms with Gasteiger partial charge in [-0.3, -0.25) is 9.59 Å². The Morgan fingerprint density at radius 2 is 1.34 bits per heavy atom. The van der Waals surface area contributed by atoms with Crippen LogP contribution in [0.1, 0.15) is 156 Å². The van der Waals surface area contributed by atoms with Crippen LogP contribution < -0.4 is 5.32 Å². The number of hydrogen-bond donors (Lipinski definition) is 1. The number of carbonyl (C=O) groups excluding carboxylic acids is 3. The Labute approximate surface area is 269 Å². The molecule has 1 fully saturated rings. The summed E-state index contributed by atoms with van der Waals surface area (Å²) in [6.45, 7) is 9.71. The van der Waals surface area contributed by atoms with E-state index in [1.807, 2.05) is 0 Å². The van der Waals surface area contributed by atoms with Gasteiger partial charge in [0, 0.05) is 25.9 Å². The Balaban J connectivity index is 2.05. The minimum absolute atomic E-state index is 0.0604. The molecule has 1 N–H and O–H groups in total. The van der Waals surface area contributed by atoms with Crippen molar-refractivity contribution in [2.75, 3.05) is 32.8 Å². The molecule has 1 rings (SSSR count). The second-order valence-corrected chi connectivity index (χ2v) is 12.5. The van der Waals surface area contributed by atoms with Crippen LogP contribution in [0.2, 0.25) is 0 Å². The molecule has 1 saturated heterocycles. The second-order valence-electron chi connectivity index (χ2n) is 12.5. The third-order valence-corrected chi connectivity index (χ3v) is 8.17. The van der Waals surface area contributed by atoms with Crippen LogP contribution in [-0.4, -0.2) is 67.9 Å². The molecule has 0 spiro atoms. The number of hydrogen-bond acceptors (Lipinski definition) is 7. The van der Waals surface area contributed by atoms with E-state index in [-0.39, 0.29) is 31.1 Å². The molecule has 0 aromatic rings. The van der Waals surface area contributed by atoms with E-state index >= 15 is 0 Å². The zero-order valence-corrected chi connectivity index (χ0v) is 28.6. The number of esters is 2. The molecule has 0 radical (unpaired) electrons. The Kier molecular flexibility index (Phi) is 25.8. The van der Waals surface area contributed by atoms with E-state index in [1.54, 1.807) is 6.92 Å². The van der Waals surface area contributed by atoms with Gasteiger partial charge in [0.05, 0.1) is 0 Å². The molecule has 1 aliphatic rings. The summed E-state index contributed by atoms with van der Waals surface area (Å²) in [5.74, 6) is -0.611. The van der Waals surface area contributed by atoms with Crippen LogP contribution in [0.5, 0.6) is 0 Å². The molecule has 0 bridgehead atoms. The van der Waals surface area contributed by atoms with Gasteiger partial charge in [0.15, 0.2) is 0 Å².